The second kappa shape index (κ2) is 10.8. The van der Waals surface area contributed by atoms with E-state index in [-0.39, 0.29) is 19.2 Å². The highest BCUT2D eigenvalue weighted by atomic mass is 16.5. The lowest BCUT2D eigenvalue weighted by Gasteiger charge is -2.13. The average Bonchev–Trinajstić information content (AvgIpc) is 2.71. The van der Waals surface area contributed by atoms with Crippen molar-refractivity contribution in [3.63, 3.8) is 0 Å². The van der Waals surface area contributed by atoms with E-state index in [0.29, 0.717) is 28.6 Å². The van der Waals surface area contributed by atoms with Gasteiger partial charge in [0.2, 0.25) is 5.95 Å². The lowest BCUT2D eigenvalue weighted by molar-refractivity contribution is 0.0597. The Morgan fingerprint density at radius 1 is 1.18 bits per heavy atom. The Morgan fingerprint density at radius 3 is 2.68 bits per heavy atom. The van der Waals surface area contributed by atoms with Gasteiger partial charge in [0.15, 0.2) is 11.6 Å². The van der Waals surface area contributed by atoms with Crippen LogP contribution >= 0.6 is 0 Å². The predicted octanol–water partition coefficient (Wildman–Crippen LogP) is 2.52. The number of aromatic nitrogens is 2. The topological polar surface area (TPSA) is 118 Å². The lowest BCUT2D eigenvalue weighted by Crippen LogP contribution is -2.13. The SMILES string of the molecule is CCCCNc1nc(N)ncc1OCCOc1ccc(C(=O)OC)c(OC)c1. The number of benzene rings is 1. The minimum atomic E-state index is -0.474. The Bertz CT molecular complexity index is 785. The summed E-state index contributed by atoms with van der Waals surface area (Å²) in [5.41, 5.74) is 5.98. The maximum atomic E-state index is 11.7. The van der Waals surface area contributed by atoms with Gasteiger partial charge < -0.3 is 30.0 Å². The van der Waals surface area contributed by atoms with Crippen molar-refractivity contribution < 1.29 is 23.7 Å². The summed E-state index contributed by atoms with van der Waals surface area (Å²) < 4.78 is 21.3. The van der Waals surface area contributed by atoms with Gasteiger partial charge in [0.05, 0.1) is 20.4 Å². The van der Waals surface area contributed by atoms with Gasteiger partial charge in [-0.3, -0.25) is 0 Å². The number of nitrogens with zero attached hydrogens (tertiary/aromatic N) is 2. The van der Waals surface area contributed by atoms with Crippen LogP contribution in [0.4, 0.5) is 11.8 Å². The van der Waals surface area contributed by atoms with E-state index in [1.807, 2.05) is 0 Å². The number of methoxy groups -OCH3 is 2. The van der Waals surface area contributed by atoms with E-state index in [1.165, 1.54) is 20.4 Å². The predicted molar refractivity (Wildman–Crippen MR) is 105 cm³/mol. The Balaban J connectivity index is 1.91. The molecule has 0 saturated heterocycles. The van der Waals surface area contributed by atoms with E-state index >= 15 is 0 Å². The third kappa shape index (κ3) is 5.90. The van der Waals surface area contributed by atoms with Crippen molar-refractivity contribution >= 4 is 17.7 Å². The molecule has 0 aliphatic rings. The molecule has 152 valence electrons. The highest BCUT2D eigenvalue weighted by Gasteiger charge is 2.13. The van der Waals surface area contributed by atoms with E-state index in [1.54, 1.807) is 18.2 Å². The quantitative estimate of drug-likeness (QED) is 0.441. The molecule has 0 atom stereocenters. The molecule has 0 unspecified atom stereocenters. The van der Waals surface area contributed by atoms with Crippen molar-refractivity contribution in [2.24, 2.45) is 0 Å². The Morgan fingerprint density at radius 2 is 1.96 bits per heavy atom. The Hall–Kier alpha value is -3.23. The molecule has 9 heteroatoms. The number of nitrogen functional groups attached to an aromatic ring is 1. The Kier molecular flexibility index (Phi) is 8.13. The first-order chi connectivity index (χ1) is 13.6. The third-order valence-corrected chi connectivity index (χ3v) is 3.78. The molecular weight excluding hydrogens is 364 g/mol. The van der Waals surface area contributed by atoms with Crippen LogP contribution in [0.25, 0.3) is 0 Å². The third-order valence-electron chi connectivity index (χ3n) is 3.78. The fraction of sp³-hybridized carbons (Fsp3) is 0.421. The monoisotopic (exact) mass is 390 g/mol. The summed E-state index contributed by atoms with van der Waals surface area (Å²) in [4.78, 5) is 19.8. The van der Waals surface area contributed by atoms with Crippen LogP contribution in [-0.4, -0.2) is 49.9 Å². The average molecular weight is 390 g/mol. The zero-order chi connectivity index (χ0) is 20.4. The van der Waals surface area contributed by atoms with Crippen LogP contribution in [0.3, 0.4) is 0 Å². The number of nitrogens with one attached hydrogen (secondary N) is 1. The summed E-state index contributed by atoms with van der Waals surface area (Å²) in [6.07, 6.45) is 3.61. The van der Waals surface area contributed by atoms with Crippen LogP contribution in [0.1, 0.15) is 30.1 Å². The highest BCUT2D eigenvalue weighted by Crippen LogP contribution is 2.26. The van der Waals surface area contributed by atoms with Crippen LogP contribution in [-0.2, 0) is 4.74 Å². The van der Waals surface area contributed by atoms with E-state index in [2.05, 4.69) is 22.2 Å². The number of carbonyl (C=O) groups is 1. The normalized spacial score (nSPS) is 10.2. The number of unbranched alkanes of at least 4 members (excludes halogenated alkanes) is 1. The zero-order valence-corrected chi connectivity index (χ0v) is 16.4. The van der Waals surface area contributed by atoms with Crippen molar-refractivity contribution in [3.8, 4) is 17.2 Å². The number of nitrogens with two attached hydrogens (primary N) is 1. The molecule has 1 heterocycles. The highest BCUT2D eigenvalue weighted by molar-refractivity contribution is 5.92. The molecule has 2 aromatic rings. The molecule has 0 aliphatic heterocycles. The van der Waals surface area contributed by atoms with Gasteiger partial charge in [-0.2, -0.15) is 4.98 Å². The summed E-state index contributed by atoms with van der Waals surface area (Å²) >= 11 is 0. The Labute approximate surface area is 164 Å². The largest absolute Gasteiger partial charge is 0.496 e. The number of anilines is 2. The number of rotatable bonds is 11. The first-order valence-corrected chi connectivity index (χ1v) is 8.97. The van der Waals surface area contributed by atoms with Gasteiger partial charge in [-0.25, -0.2) is 9.78 Å². The maximum Gasteiger partial charge on any atom is 0.341 e. The van der Waals surface area contributed by atoms with Crippen molar-refractivity contribution in [2.45, 2.75) is 19.8 Å². The standard InChI is InChI=1S/C19H26N4O5/c1-4-5-8-21-17-16(12-22-19(20)23-17)28-10-9-27-13-6-7-14(18(24)26-3)15(11-13)25-2/h6-7,11-12H,4-5,8-10H2,1-3H3,(H3,20,21,22,23). The van der Waals surface area contributed by atoms with Crippen molar-refractivity contribution in [3.05, 3.63) is 30.0 Å². The number of esters is 1. The minimum Gasteiger partial charge on any atom is -0.496 e. The van der Waals surface area contributed by atoms with Crippen LogP contribution in [0.2, 0.25) is 0 Å². The second-order valence-corrected chi connectivity index (χ2v) is 5.77. The van der Waals surface area contributed by atoms with Crippen molar-refractivity contribution in [1.29, 1.82) is 0 Å². The minimum absolute atomic E-state index is 0.181. The van der Waals surface area contributed by atoms with Crippen molar-refractivity contribution in [1.82, 2.24) is 9.97 Å². The van der Waals surface area contributed by atoms with E-state index in [9.17, 15) is 4.79 Å². The van der Waals surface area contributed by atoms with Gasteiger partial charge in [-0.15, -0.1) is 0 Å². The van der Waals surface area contributed by atoms with Crippen LogP contribution in [0.15, 0.2) is 24.4 Å². The fourth-order valence-electron chi connectivity index (χ4n) is 2.35. The molecule has 9 nitrogen and oxygen atoms in total. The molecule has 0 saturated carbocycles. The summed E-state index contributed by atoms with van der Waals surface area (Å²) in [6.45, 7) is 3.43. The molecule has 0 bridgehead atoms. The summed E-state index contributed by atoms with van der Waals surface area (Å²) in [5.74, 6) is 1.69. The van der Waals surface area contributed by atoms with Gasteiger partial charge in [0, 0.05) is 12.6 Å². The van der Waals surface area contributed by atoms with E-state index < -0.39 is 5.97 Å². The molecule has 0 amide bonds. The fourth-order valence-corrected chi connectivity index (χ4v) is 2.35. The van der Waals surface area contributed by atoms with Crippen LogP contribution in [0, 0.1) is 0 Å². The zero-order valence-electron chi connectivity index (χ0n) is 16.4. The van der Waals surface area contributed by atoms with Crippen LogP contribution < -0.4 is 25.3 Å². The van der Waals surface area contributed by atoms with Gasteiger partial charge in [0.25, 0.3) is 0 Å². The molecule has 1 aromatic heterocycles. The lowest BCUT2D eigenvalue weighted by atomic mass is 10.2. The second-order valence-electron chi connectivity index (χ2n) is 5.77. The van der Waals surface area contributed by atoms with Crippen LogP contribution in [0.5, 0.6) is 17.2 Å². The first kappa shape index (κ1) is 21.1. The number of hydrogen-bond acceptors (Lipinski definition) is 9. The molecule has 0 fully saturated rings. The van der Waals surface area contributed by atoms with Gasteiger partial charge in [0.1, 0.15) is 30.3 Å². The van der Waals surface area contributed by atoms with Gasteiger partial charge in [-0.1, -0.05) is 13.3 Å². The van der Waals surface area contributed by atoms with Gasteiger partial charge >= 0.3 is 5.97 Å². The molecule has 0 spiro atoms. The number of ether oxygens (including phenoxy) is 4. The van der Waals surface area contributed by atoms with Crippen molar-refractivity contribution in [2.75, 3.05) is 45.0 Å². The first-order valence-electron chi connectivity index (χ1n) is 8.97. The van der Waals surface area contributed by atoms with Gasteiger partial charge in [-0.05, 0) is 18.6 Å². The molecule has 1 aromatic carbocycles. The summed E-state index contributed by atoms with van der Waals surface area (Å²) in [5, 5.41) is 3.19. The summed E-state index contributed by atoms with van der Waals surface area (Å²) in [7, 11) is 2.79. The van der Waals surface area contributed by atoms with E-state index in [0.717, 1.165) is 19.4 Å². The molecule has 0 aliphatic carbocycles. The number of hydrogen-bond donors (Lipinski definition) is 2. The molecule has 3 N–H and O–H groups in total. The molecular formula is C19H26N4O5. The van der Waals surface area contributed by atoms with E-state index in [4.69, 9.17) is 24.7 Å². The molecule has 0 radical (unpaired) electrons. The summed E-state index contributed by atoms with van der Waals surface area (Å²) in [6, 6.07) is 4.87. The maximum absolute atomic E-state index is 11.7. The number of carbonyl (C=O) groups excluding carboxylic acids is 1. The smallest absolute Gasteiger partial charge is 0.341 e. The molecule has 2 rings (SSSR count). The molecule has 28 heavy (non-hydrogen) atoms.